The van der Waals surface area contributed by atoms with Crippen molar-refractivity contribution in [3.05, 3.63) is 28.8 Å². The first-order valence-electron chi connectivity index (χ1n) is 4.66. The van der Waals surface area contributed by atoms with E-state index < -0.39 is 0 Å². The van der Waals surface area contributed by atoms with E-state index in [1.165, 1.54) is 0 Å². The molecule has 0 spiro atoms. The Morgan fingerprint density at radius 2 is 2.14 bits per heavy atom. The number of hydrogen-bond donors (Lipinski definition) is 1. The summed E-state index contributed by atoms with van der Waals surface area (Å²) in [6.07, 6.45) is -0.324. The number of hydrogen-bond acceptors (Lipinski definition) is 2. The molecule has 0 fully saturated rings. The minimum absolute atomic E-state index is 0.324. The second kappa shape index (κ2) is 4.67. The normalized spacial score (nSPS) is 12.6. The minimum Gasteiger partial charge on any atom is -0.392 e. The van der Waals surface area contributed by atoms with E-state index in [4.69, 9.17) is 11.6 Å². The van der Waals surface area contributed by atoms with Gasteiger partial charge in [0.15, 0.2) is 0 Å². The van der Waals surface area contributed by atoms with Crippen LogP contribution < -0.4 is 4.90 Å². The van der Waals surface area contributed by atoms with Gasteiger partial charge in [0.05, 0.1) is 6.10 Å². The molecule has 1 aromatic rings. The fourth-order valence-electron chi connectivity index (χ4n) is 1.54. The van der Waals surface area contributed by atoms with Crippen LogP contribution in [0.1, 0.15) is 12.5 Å². The Hall–Kier alpha value is -0.730. The fraction of sp³-hybridized carbons (Fsp3) is 0.455. The van der Waals surface area contributed by atoms with E-state index in [2.05, 4.69) is 0 Å². The predicted molar refractivity (Wildman–Crippen MR) is 61.1 cm³/mol. The SMILES string of the molecule is Cc1cc(Cl)ccc1N(C)CC(C)O. The highest BCUT2D eigenvalue weighted by molar-refractivity contribution is 6.30. The van der Waals surface area contributed by atoms with Crippen molar-refractivity contribution in [3.63, 3.8) is 0 Å². The van der Waals surface area contributed by atoms with E-state index in [9.17, 15) is 5.11 Å². The molecule has 0 aliphatic rings. The van der Waals surface area contributed by atoms with Crippen LogP contribution in [-0.2, 0) is 0 Å². The molecule has 1 rings (SSSR count). The average molecular weight is 214 g/mol. The monoisotopic (exact) mass is 213 g/mol. The van der Waals surface area contributed by atoms with Gasteiger partial charge in [0.25, 0.3) is 0 Å². The van der Waals surface area contributed by atoms with Crippen molar-refractivity contribution in [3.8, 4) is 0 Å². The van der Waals surface area contributed by atoms with Crippen molar-refractivity contribution in [2.45, 2.75) is 20.0 Å². The molecule has 0 saturated heterocycles. The van der Waals surface area contributed by atoms with Gasteiger partial charge >= 0.3 is 0 Å². The van der Waals surface area contributed by atoms with Crippen molar-refractivity contribution in [1.29, 1.82) is 0 Å². The number of anilines is 1. The molecule has 14 heavy (non-hydrogen) atoms. The van der Waals surface area contributed by atoms with E-state index in [0.717, 1.165) is 16.3 Å². The van der Waals surface area contributed by atoms with Gasteiger partial charge in [0, 0.05) is 24.3 Å². The Morgan fingerprint density at radius 1 is 1.50 bits per heavy atom. The Bertz CT molecular complexity index is 312. The van der Waals surface area contributed by atoms with Crippen LogP contribution in [0.25, 0.3) is 0 Å². The van der Waals surface area contributed by atoms with E-state index >= 15 is 0 Å². The zero-order valence-corrected chi connectivity index (χ0v) is 9.54. The third-order valence-electron chi connectivity index (χ3n) is 2.11. The second-order valence-corrected chi connectivity index (χ2v) is 4.10. The molecule has 0 heterocycles. The molecular formula is C11H16ClNO. The number of aliphatic hydroxyl groups is 1. The first-order chi connectivity index (χ1) is 6.50. The zero-order valence-electron chi connectivity index (χ0n) is 8.79. The van der Waals surface area contributed by atoms with Gasteiger partial charge < -0.3 is 10.0 Å². The summed E-state index contributed by atoms with van der Waals surface area (Å²) in [5.74, 6) is 0. The quantitative estimate of drug-likeness (QED) is 0.834. The Morgan fingerprint density at radius 3 is 2.64 bits per heavy atom. The Kier molecular flexibility index (Phi) is 3.78. The van der Waals surface area contributed by atoms with Crippen molar-refractivity contribution < 1.29 is 5.11 Å². The molecule has 0 amide bonds. The lowest BCUT2D eigenvalue weighted by Crippen LogP contribution is -2.27. The summed E-state index contributed by atoms with van der Waals surface area (Å²) in [5.41, 5.74) is 2.23. The molecule has 1 aromatic carbocycles. The topological polar surface area (TPSA) is 23.5 Å². The van der Waals surface area contributed by atoms with Gasteiger partial charge in [-0.15, -0.1) is 0 Å². The molecule has 3 heteroatoms. The number of halogens is 1. The van der Waals surface area contributed by atoms with Crippen molar-refractivity contribution in [1.82, 2.24) is 0 Å². The van der Waals surface area contributed by atoms with Gasteiger partial charge in [-0.25, -0.2) is 0 Å². The van der Waals surface area contributed by atoms with E-state index in [-0.39, 0.29) is 6.10 Å². The fourth-order valence-corrected chi connectivity index (χ4v) is 1.77. The number of aliphatic hydroxyl groups excluding tert-OH is 1. The summed E-state index contributed by atoms with van der Waals surface area (Å²) in [4.78, 5) is 2.02. The summed E-state index contributed by atoms with van der Waals surface area (Å²) in [6.45, 7) is 4.42. The third kappa shape index (κ3) is 2.89. The van der Waals surface area contributed by atoms with Gasteiger partial charge in [0.1, 0.15) is 0 Å². The van der Waals surface area contributed by atoms with Crippen LogP contribution in [0.2, 0.25) is 5.02 Å². The average Bonchev–Trinajstić information content (AvgIpc) is 2.01. The lowest BCUT2D eigenvalue weighted by Gasteiger charge is -2.22. The van der Waals surface area contributed by atoms with Gasteiger partial charge in [-0.3, -0.25) is 0 Å². The summed E-state index contributed by atoms with van der Waals surface area (Å²) in [7, 11) is 1.96. The minimum atomic E-state index is -0.324. The molecule has 1 unspecified atom stereocenters. The molecule has 2 nitrogen and oxygen atoms in total. The first-order valence-corrected chi connectivity index (χ1v) is 5.04. The standard InChI is InChI=1S/C11H16ClNO/c1-8-6-10(12)4-5-11(8)13(3)7-9(2)14/h4-6,9,14H,7H2,1-3H3. The highest BCUT2D eigenvalue weighted by Crippen LogP contribution is 2.22. The maximum absolute atomic E-state index is 9.26. The lowest BCUT2D eigenvalue weighted by molar-refractivity contribution is 0.201. The molecule has 78 valence electrons. The van der Waals surface area contributed by atoms with Crippen LogP contribution in [0.15, 0.2) is 18.2 Å². The van der Waals surface area contributed by atoms with Crippen molar-refractivity contribution in [2.24, 2.45) is 0 Å². The van der Waals surface area contributed by atoms with Crippen LogP contribution in [0.5, 0.6) is 0 Å². The van der Waals surface area contributed by atoms with Crippen LogP contribution in [0.3, 0.4) is 0 Å². The largest absolute Gasteiger partial charge is 0.392 e. The number of aryl methyl sites for hydroxylation is 1. The van der Waals surface area contributed by atoms with Crippen LogP contribution in [0, 0.1) is 6.92 Å². The van der Waals surface area contributed by atoms with Gasteiger partial charge in [-0.2, -0.15) is 0 Å². The molecule has 1 N–H and O–H groups in total. The van der Waals surface area contributed by atoms with Gasteiger partial charge in [-0.05, 0) is 37.6 Å². The predicted octanol–water partition coefficient (Wildman–Crippen LogP) is 2.47. The van der Waals surface area contributed by atoms with Crippen molar-refractivity contribution in [2.75, 3.05) is 18.5 Å². The Labute approximate surface area is 90.1 Å². The smallest absolute Gasteiger partial charge is 0.0686 e. The summed E-state index contributed by atoms with van der Waals surface area (Å²) in [5, 5.41) is 10.0. The highest BCUT2D eigenvalue weighted by atomic mass is 35.5. The molecular weight excluding hydrogens is 198 g/mol. The molecule has 1 atom stereocenters. The molecule has 0 aliphatic heterocycles. The maximum atomic E-state index is 9.26. The zero-order chi connectivity index (χ0) is 10.7. The van der Waals surface area contributed by atoms with Gasteiger partial charge in [0.2, 0.25) is 0 Å². The number of rotatable bonds is 3. The maximum Gasteiger partial charge on any atom is 0.0686 e. The molecule has 0 radical (unpaired) electrons. The molecule has 0 aliphatic carbocycles. The number of nitrogens with zero attached hydrogens (tertiary/aromatic N) is 1. The van der Waals surface area contributed by atoms with E-state index in [1.54, 1.807) is 6.92 Å². The Balaban J connectivity index is 2.84. The summed E-state index contributed by atoms with van der Waals surface area (Å²) in [6, 6.07) is 5.76. The highest BCUT2D eigenvalue weighted by Gasteiger charge is 2.06. The van der Waals surface area contributed by atoms with E-state index in [0.29, 0.717) is 6.54 Å². The summed E-state index contributed by atoms with van der Waals surface area (Å²) < 4.78 is 0. The van der Waals surface area contributed by atoms with Crippen LogP contribution in [-0.4, -0.2) is 24.8 Å². The van der Waals surface area contributed by atoms with Crippen molar-refractivity contribution >= 4 is 17.3 Å². The second-order valence-electron chi connectivity index (χ2n) is 3.66. The molecule has 0 aromatic heterocycles. The molecule has 0 saturated carbocycles. The third-order valence-corrected chi connectivity index (χ3v) is 2.34. The lowest BCUT2D eigenvalue weighted by atomic mass is 10.2. The number of likely N-dealkylation sites (N-methyl/N-ethyl adjacent to an activating group) is 1. The number of benzene rings is 1. The first kappa shape index (κ1) is 11.3. The summed E-state index contributed by atoms with van der Waals surface area (Å²) >= 11 is 5.86. The van der Waals surface area contributed by atoms with Gasteiger partial charge in [-0.1, -0.05) is 11.6 Å². The van der Waals surface area contributed by atoms with Crippen LogP contribution in [0.4, 0.5) is 5.69 Å². The van der Waals surface area contributed by atoms with Crippen LogP contribution >= 0.6 is 11.6 Å². The van der Waals surface area contributed by atoms with E-state index in [1.807, 2.05) is 37.1 Å². The molecule has 0 bridgehead atoms.